The fourth-order valence-corrected chi connectivity index (χ4v) is 4.99. The van der Waals surface area contributed by atoms with Gasteiger partial charge < -0.3 is 9.47 Å². The summed E-state index contributed by atoms with van der Waals surface area (Å²) < 4.78 is 51.4. The first-order valence-corrected chi connectivity index (χ1v) is 18.5. The van der Waals surface area contributed by atoms with Crippen molar-refractivity contribution >= 4 is 75.5 Å². The smallest absolute Gasteiger partial charge is 0.447 e. The molecule has 3 rings (SSSR count). The summed E-state index contributed by atoms with van der Waals surface area (Å²) in [5.74, 6) is -1.27. The Balaban J connectivity index is 0.000000392. The van der Waals surface area contributed by atoms with Crippen LogP contribution in [0.3, 0.4) is 0 Å². The number of hydrogen-bond donors (Lipinski definition) is 0. The molecule has 2 amide bonds. The molecule has 1 aliphatic carbocycles. The summed E-state index contributed by atoms with van der Waals surface area (Å²) in [5.41, 5.74) is -0.371. The second-order valence-electron chi connectivity index (χ2n) is 11.2. The van der Waals surface area contributed by atoms with E-state index in [1.165, 1.54) is 37.6 Å². The Bertz CT molecular complexity index is 1650. The van der Waals surface area contributed by atoms with Crippen LogP contribution in [-0.2, 0) is 19.2 Å². The van der Waals surface area contributed by atoms with Gasteiger partial charge in [-0.25, -0.2) is 18.2 Å². The highest BCUT2D eigenvalue weighted by Gasteiger charge is 2.62. The Morgan fingerprint density at radius 3 is 1.94 bits per heavy atom. The molecule has 0 radical (unpaired) electrons. The van der Waals surface area contributed by atoms with Crippen LogP contribution in [0.4, 0.5) is 22.8 Å². The first-order chi connectivity index (χ1) is 24.3. The molecule has 1 fully saturated rings. The molecule has 0 aromatic heterocycles. The number of ether oxygens (including phenoxy) is 2. The highest BCUT2D eigenvalue weighted by molar-refractivity contribution is 8.13. The molecule has 2 aromatic rings. The van der Waals surface area contributed by atoms with Crippen LogP contribution in [0.25, 0.3) is 0 Å². The molecule has 19 heteroatoms. The minimum Gasteiger partial charge on any atom is -0.457 e. The molecule has 1 unspecified atom stereocenters. The monoisotopic (exact) mass is 803 g/mol. The van der Waals surface area contributed by atoms with E-state index in [0.717, 1.165) is 26.8 Å². The van der Waals surface area contributed by atoms with Crippen molar-refractivity contribution in [3.8, 4) is 17.6 Å². The largest absolute Gasteiger partial charge is 0.457 e. The molecule has 52 heavy (non-hydrogen) atoms. The number of carbonyl (C=O) groups is 3. The van der Waals surface area contributed by atoms with E-state index in [4.69, 9.17) is 21.1 Å². The maximum absolute atomic E-state index is 12.7. The number of alkyl halides is 3. The lowest BCUT2D eigenvalue weighted by Crippen LogP contribution is -2.28. The van der Waals surface area contributed by atoms with Crippen LogP contribution in [0.1, 0.15) is 39.4 Å². The summed E-state index contributed by atoms with van der Waals surface area (Å²) in [5, 5.41) is 16.7. The van der Waals surface area contributed by atoms with Gasteiger partial charge >= 0.3 is 24.3 Å². The molecule has 3 atom stereocenters. The Morgan fingerprint density at radius 1 is 0.942 bits per heavy atom. The van der Waals surface area contributed by atoms with E-state index in [-0.39, 0.29) is 0 Å². The molecule has 2 aromatic carbocycles. The predicted octanol–water partition coefficient (Wildman–Crippen LogP) is 9.62. The number of esters is 1. The van der Waals surface area contributed by atoms with Crippen LogP contribution < -0.4 is 4.74 Å². The number of halogens is 4. The fraction of sp³-hybridized carbons (Fsp3) is 0.394. The van der Waals surface area contributed by atoms with Crippen molar-refractivity contribution < 1.29 is 46.7 Å². The molecule has 1 saturated carbocycles. The lowest BCUT2D eigenvalue weighted by atomic mass is 10.1. The van der Waals surface area contributed by atoms with Crippen molar-refractivity contribution in [3.05, 3.63) is 71.3 Å². The quantitative estimate of drug-likeness (QED) is 0.0566. The molecular formula is C33H37ClF3N5O7S3. The zero-order valence-corrected chi connectivity index (χ0v) is 32.5. The van der Waals surface area contributed by atoms with Crippen LogP contribution in [0.5, 0.6) is 11.5 Å². The van der Waals surface area contributed by atoms with Crippen LogP contribution in [-0.4, -0.2) is 69.6 Å². The van der Waals surface area contributed by atoms with Crippen molar-refractivity contribution in [1.29, 1.82) is 5.26 Å². The fourth-order valence-electron chi connectivity index (χ4n) is 4.06. The molecule has 0 spiro atoms. The number of nitrogens with zero attached hydrogens (tertiary/aromatic N) is 5. The zero-order valence-electron chi connectivity index (χ0n) is 29.3. The van der Waals surface area contributed by atoms with E-state index in [2.05, 4.69) is 20.0 Å². The third-order valence-electron chi connectivity index (χ3n) is 7.11. The van der Waals surface area contributed by atoms with Gasteiger partial charge in [0.15, 0.2) is 0 Å². The Morgan fingerprint density at radius 2 is 1.46 bits per heavy atom. The zero-order chi connectivity index (χ0) is 39.2. The SMILES string of the molecule is CC1(C)[C@H](C(=O)OC(C#N)c2cccc(Oc3ccccc3)c2)[C@@H]1/C=C(\Cl)C(F)(F)F.CS/C(C)=N\OC(=O)N(C)SN(C)C(=O)O/N=C(/C)SC. The van der Waals surface area contributed by atoms with Crippen LogP contribution >= 0.6 is 47.3 Å². The second kappa shape index (κ2) is 20.3. The third kappa shape index (κ3) is 13.8. The van der Waals surface area contributed by atoms with E-state index < -0.39 is 52.7 Å². The molecule has 12 nitrogen and oxygen atoms in total. The summed E-state index contributed by atoms with van der Waals surface area (Å²) in [6.45, 7) is 6.72. The van der Waals surface area contributed by atoms with Crippen LogP contribution in [0.2, 0.25) is 0 Å². The van der Waals surface area contributed by atoms with Gasteiger partial charge in [0, 0.05) is 19.7 Å². The van der Waals surface area contributed by atoms with Gasteiger partial charge in [-0.2, -0.15) is 18.4 Å². The normalized spacial score (nSPS) is 17.3. The number of hydrogen-bond acceptors (Lipinski definition) is 13. The molecular weight excluding hydrogens is 767 g/mol. The predicted molar refractivity (Wildman–Crippen MR) is 197 cm³/mol. The lowest BCUT2D eigenvalue weighted by Gasteiger charge is -2.19. The van der Waals surface area contributed by atoms with Crippen LogP contribution in [0, 0.1) is 28.6 Å². The Labute approximate surface area is 317 Å². The van der Waals surface area contributed by atoms with Gasteiger partial charge in [-0.3, -0.25) is 14.5 Å². The van der Waals surface area contributed by atoms with E-state index >= 15 is 0 Å². The number of carbonyl (C=O) groups excluding carboxylic acids is 3. The summed E-state index contributed by atoms with van der Waals surface area (Å²) in [6, 6.07) is 17.4. The average molecular weight is 804 g/mol. The molecule has 282 valence electrons. The standard InChI is InChI=1S/C23H19ClF3NO3.C10H18N4O4S3/c1-22(2)17(12-19(24)23(25,26)27)20(22)21(29)31-18(13-28)14-7-6-10-16(11-14)30-15-8-4-3-5-9-15;1-7(19-5)11-17-9(15)13(3)21-14(4)10(16)18-12-8(2)20-6/h3-12,17-18,20H,1-2H3;1-6H3/b19-12-;11-7-,12-8-/t17-,18?,20-;/m0./s1. The van der Waals surface area contributed by atoms with E-state index in [9.17, 15) is 32.8 Å². The number of para-hydroxylation sites is 1. The van der Waals surface area contributed by atoms with Crippen molar-refractivity contribution in [2.24, 2.45) is 27.6 Å². The molecule has 0 aliphatic heterocycles. The highest BCUT2D eigenvalue weighted by Crippen LogP contribution is 2.60. The van der Waals surface area contributed by atoms with Gasteiger partial charge in [0.05, 0.1) is 18.1 Å². The summed E-state index contributed by atoms with van der Waals surface area (Å²) in [4.78, 5) is 45.2. The van der Waals surface area contributed by atoms with E-state index in [1.807, 2.05) is 36.8 Å². The number of nitriles is 1. The molecule has 1 aliphatic rings. The van der Waals surface area contributed by atoms with E-state index in [1.54, 1.807) is 64.1 Å². The van der Waals surface area contributed by atoms with Gasteiger partial charge in [-0.15, -0.1) is 23.5 Å². The minimum atomic E-state index is -4.68. The number of oxime groups is 2. The van der Waals surface area contributed by atoms with Crippen molar-refractivity contribution in [2.75, 3.05) is 26.6 Å². The van der Waals surface area contributed by atoms with Crippen molar-refractivity contribution in [3.63, 3.8) is 0 Å². The van der Waals surface area contributed by atoms with Gasteiger partial charge in [-0.05, 0) is 62.0 Å². The average Bonchev–Trinajstić information content (AvgIpc) is 3.66. The second-order valence-corrected chi connectivity index (χ2v) is 14.9. The third-order valence-corrected chi connectivity index (χ3v) is 9.57. The first kappa shape index (κ1) is 44.1. The minimum absolute atomic E-state index is 0.392. The topological polar surface area (TPSA) is 143 Å². The van der Waals surface area contributed by atoms with Gasteiger partial charge in [0.1, 0.15) is 32.7 Å². The van der Waals surface area contributed by atoms with Gasteiger partial charge in [-0.1, -0.05) is 72.2 Å². The number of thioether (sulfide) groups is 2. The summed E-state index contributed by atoms with van der Waals surface area (Å²) in [6.07, 6.45) is -2.87. The number of benzene rings is 2. The lowest BCUT2D eigenvalue weighted by molar-refractivity contribution is -0.149. The Hall–Kier alpha value is -4.05. The number of rotatable bonds is 10. The summed E-state index contributed by atoms with van der Waals surface area (Å²) >= 11 is 8.83. The maximum Gasteiger partial charge on any atom is 0.447 e. The summed E-state index contributed by atoms with van der Waals surface area (Å²) in [7, 11) is 2.88. The van der Waals surface area contributed by atoms with Gasteiger partial charge in [0.2, 0.25) is 6.10 Å². The number of amides is 2. The number of allylic oxidation sites excluding steroid dienone is 2. The Kier molecular flexibility index (Phi) is 17.2. The van der Waals surface area contributed by atoms with E-state index in [0.29, 0.717) is 27.1 Å². The molecule has 0 saturated heterocycles. The van der Waals surface area contributed by atoms with Crippen molar-refractivity contribution in [2.45, 2.75) is 40.0 Å². The maximum atomic E-state index is 12.7. The molecule has 0 heterocycles. The highest BCUT2D eigenvalue weighted by atomic mass is 35.5. The van der Waals surface area contributed by atoms with Crippen molar-refractivity contribution in [1.82, 2.24) is 8.61 Å². The molecule has 0 N–H and O–H groups in total. The van der Waals surface area contributed by atoms with Gasteiger partial charge in [0.25, 0.3) is 0 Å². The molecule has 0 bridgehead atoms. The van der Waals surface area contributed by atoms with Crippen LogP contribution in [0.15, 0.2) is 76.0 Å². The first-order valence-electron chi connectivity index (χ1n) is 15.0.